The highest BCUT2D eigenvalue weighted by Gasteiger charge is 2.29. The van der Waals surface area contributed by atoms with Crippen molar-refractivity contribution < 1.29 is 18.8 Å². The lowest BCUT2D eigenvalue weighted by atomic mass is 9.96. The number of hydrogen-bond donors (Lipinski definition) is 2. The van der Waals surface area contributed by atoms with Crippen LogP contribution in [0.5, 0.6) is 0 Å². The normalized spacial score (nSPS) is 14.7. The van der Waals surface area contributed by atoms with Gasteiger partial charge in [0.05, 0.1) is 5.54 Å². The third-order valence-corrected chi connectivity index (χ3v) is 3.69. The third-order valence-electron chi connectivity index (χ3n) is 3.69. The summed E-state index contributed by atoms with van der Waals surface area (Å²) in [5.74, 6) is 0.536. The number of amides is 2. The molecule has 2 rings (SSSR count). The minimum atomic E-state index is -0.644. The van der Waals surface area contributed by atoms with Gasteiger partial charge >= 0.3 is 6.09 Å². The molecule has 134 valence electrons. The second kappa shape index (κ2) is 6.83. The van der Waals surface area contributed by atoms with Gasteiger partial charge in [-0.05, 0) is 53.9 Å². The fourth-order valence-corrected chi connectivity index (χ4v) is 2.58. The van der Waals surface area contributed by atoms with Crippen LogP contribution in [0.4, 0.5) is 4.79 Å². The molecule has 0 fully saturated rings. The van der Waals surface area contributed by atoms with Gasteiger partial charge in [-0.2, -0.15) is 0 Å². The van der Waals surface area contributed by atoms with E-state index in [-0.39, 0.29) is 12.5 Å². The summed E-state index contributed by atoms with van der Waals surface area (Å²) in [7, 11) is 0. The van der Waals surface area contributed by atoms with Crippen LogP contribution in [0, 0.1) is 0 Å². The number of aryl methyl sites for hydroxylation is 1. The number of nitrogens with one attached hydrogen (secondary N) is 2. The van der Waals surface area contributed by atoms with Crippen LogP contribution in [0.25, 0.3) is 0 Å². The van der Waals surface area contributed by atoms with Crippen molar-refractivity contribution in [2.45, 2.75) is 71.4 Å². The second-order valence-electron chi connectivity index (χ2n) is 7.83. The highest BCUT2D eigenvalue weighted by Crippen LogP contribution is 2.24. The molecule has 1 heterocycles. The van der Waals surface area contributed by atoms with Gasteiger partial charge in [-0.25, -0.2) is 4.79 Å². The molecule has 1 aliphatic carbocycles. The number of ether oxygens (including phenoxy) is 1. The molecule has 2 amide bonds. The van der Waals surface area contributed by atoms with E-state index in [1.807, 2.05) is 13.8 Å². The first-order valence-corrected chi connectivity index (χ1v) is 8.34. The highest BCUT2D eigenvalue weighted by atomic mass is 16.6. The van der Waals surface area contributed by atoms with E-state index in [1.54, 1.807) is 20.8 Å². The van der Waals surface area contributed by atoms with Gasteiger partial charge < -0.3 is 19.9 Å². The number of fused-ring (bicyclic) bond motifs is 1. The molecule has 0 aromatic carbocycles. The van der Waals surface area contributed by atoms with E-state index in [4.69, 9.17) is 9.26 Å². The predicted molar refractivity (Wildman–Crippen MR) is 88.9 cm³/mol. The number of aromatic nitrogens is 1. The summed E-state index contributed by atoms with van der Waals surface area (Å²) < 4.78 is 10.5. The lowest BCUT2D eigenvalue weighted by molar-refractivity contribution is 0.0509. The summed E-state index contributed by atoms with van der Waals surface area (Å²) in [4.78, 5) is 24.2. The van der Waals surface area contributed by atoms with Crippen molar-refractivity contribution in [3.63, 3.8) is 0 Å². The summed E-state index contributed by atoms with van der Waals surface area (Å²) in [5.41, 5.74) is 0.0656. The molecule has 1 aromatic heterocycles. The van der Waals surface area contributed by atoms with Crippen LogP contribution >= 0.6 is 0 Å². The van der Waals surface area contributed by atoms with Gasteiger partial charge in [0.15, 0.2) is 5.69 Å². The molecule has 0 aliphatic heterocycles. The van der Waals surface area contributed by atoms with E-state index in [0.717, 1.165) is 37.0 Å². The number of hydrogen-bond acceptors (Lipinski definition) is 5. The maximum atomic E-state index is 12.5. The first kappa shape index (κ1) is 18.3. The molecular formula is C17H27N3O4. The fraction of sp³-hybridized carbons (Fsp3) is 0.706. The van der Waals surface area contributed by atoms with E-state index >= 15 is 0 Å². The van der Waals surface area contributed by atoms with Crippen LogP contribution in [0.2, 0.25) is 0 Å². The highest BCUT2D eigenvalue weighted by molar-refractivity contribution is 5.94. The Morgan fingerprint density at radius 2 is 1.83 bits per heavy atom. The van der Waals surface area contributed by atoms with Crippen LogP contribution < -0.4 is 10.6 Å². The summed E-state index contributed by atoms with van der Waals surface area (Å²) in [5, 5.41) is 9.49. The summed E-state index contributed by atoms with van der Waals surface area (Å²) in [6.07, 6.45) is 3.24. The Kier molecular flexibility index (Phi) is 5.20. The smallest absolute Gasteiger partial charge is 0.407 e. The molecule has 1 aromatic rings. The minimum absolute atomic E-state index is 0.244. The summed E-state index contributed by atoms with van der Waals surface area (Å²) >= 11 is 0. The lowest BCUT2D eigenvalue weighted by Crippen LogP contribution is -2.52. The Balaban J connectivity index is 1.92. The molecule has 0 atom stereocenters. The molecule has 0 unspecified atom stereocenters. The lowest BCUT2D eigenvalue weighted by Gasteiger charge is -2.27. The predicted octanol–water partition coefficient (Wildman–Crippen LogP) is 2.59. The number of nitrogens with zero attached hydrogens (tertiary/aromatic N) is 1. The Morgan fingerprint density at radius 3 is 2.50 bits per heavy atom. The van der Waals surface area contributed by atoms with Gasteiger partial charge in [0.2, 0.25) is 0 Å². The van der Waals surface area contributed by atoms with Crippen molar-refractivity contribution in [1.82, 2.24) is 15.8 Å². The zero-order valence-corrected chi connectivity index (χ0v) is 15.1. The SMILES string of the molecule is CC(C)(CNC(=O)OC(C)(C)C)NC(=O)c1noc2c1CCCC2. The van der Waals surface area contributed by atoms with Crippen molar-refractivity contribution in [3.05, 3.63) is 17.0 Å². The monoisotopic (exact) mass is 337 g/mol. The molecule has 0 bridgehead atoms. The standard InChI is InChI=1S/C17H27N3O4/c1-16(2,3)23-15(22)18-10-17(4,5)19-14(21)13-11-8-6-7-9-12(11)24-20-13/h6-10H2,1-5H3,(H,18,22)(H,19,21). The van der Waals surface area contributed by atoms with Crippen molar-refractivity contribution >= 4 is 12.0 Å². The number of carbonyl (C=O) groups is 2. The quantitative estimate of drug-likeness (QED) is 0.881. The van der Waals surface area contributed by atoms with Crippen LogP contribution in [0.3, 0.4) is 0 Å². The topological polar surface area (TPSA) is 93.5 Å². The van der Waals surface area contributed by atoms with E-state index in [1.165, 1.54) is 0 Å². The number of alkyl carbamates (subject to hydrolysis) is 1. The van der Waals surface area contributed by atoms with Gasteiger partial charge in [0, 0.05) is 18.5 Å². The van der Waals surface area contributed by atoms with Gasteiger partial charge in [-0.15, -0.1) is 0 Å². The average molecular weight is 337 g/mol. The molecular weight excluding hydrogens is 310 g/mol. The van der Waals surface area contributed by atoms with Gasteiger partial charge in [0.25, 0.3) is 5.91 Å². The van der Waals surface area contributed by atoms with Gasteiger partial charge in [0.1, 0.15) is 11.4 Å². The molecule has 7 heteroatoms. The Labute approximate surface area is 142 Å². The molecule has 0 radical (unpaired) electrons. The molecule has 2 N–H and O–H groups in total. The van der Waals surface area contributed by atoms with Crippen LogP contribution in [-0.4, -0.2) is 34.8 Å². The molecule has 24 heavy (non-hydrogen) atoms. The second-order valence-corrected chi connectivity index (χ2v) is 7.83. The minimum Gasteiger partial charge on any atom is -0.444 e. The van der Waals surface area contributed by atoms with E-state index < -0.39 is 17.2 Å². The number of carbonyl (C=O) groups excluding carboxylic acids is 2. The van der Waals surface area contributed by atoms with Crippen molar-refractivity contribution in [2.24, 2.45) is 0 Å². The zero-order chi connectivity index (χ0) is 18.0. The van der Waals surface area contributed by atoms with Crippen LogP contribution in [0.1, 0.15) is 69.3 Å². The van der Waals surface area contributed by atoms with Crippen molar-refractivity contribution in [1.29, 1.82) is 0 Å². The van der Waals surface area contributed by atoms with E-state index in [9.17, 15) is 9.59 Å². The van der Waals surface area contributed by atoms with Crippen molar-refractivity contribution in [2.75, 3.05) is 6.54 Å². The summed E-state index contributed by atoms with van der Waals surface area (Å²) in [6, 6.07) is 0. The van der Waals surface area contributed by atoms with E-state index in [0.29, 0.717) is 5.69 Å². The van der Waals surface area contributed by atoms with Gasteiger partial charge in [-0.3, -0.25) is 4.79 Å². The first-order chi connectivity index (χ1) is 11.1. The molecule has 7 nitrogen and oxygen atoms in total. The molecule has 0 saturated heterocycles. The maximum absolute atomic E-state index is 12.5. The molecule has 1 aliphatic rings. The Bertz CT molecular complexity index is 614. The molecule has 0 spiro atoms. The van der Waals surface area contributed by atoms with Crippen LogP contribution in [-0.2, 0) is 17.6 Å². The van der Waals surface area contributed by atoms with E-state index in [2.05, 4.69) is 15.8 Å². The van der Waals surface area contributed by atoms with Gasteiger partial charge in [-0.1, -0.05) is 5.16 Å². The Morgan fingerprint density at radius 1 is 1.17 bits per heavy atom. The Hall–Kier alpha value is -2.05. The fourth-order valence-electron chi connectivity index (χ4n) is 2.58. The van der Waals surface area contributed by atoms with Crippen molar-refractivity contribution in [3.8, 4) is 0 Å². The number of rotatable bonds is 4. The average Bonchev–Trinajstić information content (AvgIpc) is 2.87. The zero-order valence-electron chi connectivity index (χ0n) is 15.1. The molecule has 0 saturated carbocycles. The van der Waals surface area contributed by atoms with Crippen LogP contribution in [0.15, 0.2) is 4.52 Å². The summed E-state index contributed by atoms with van der Waals surface area (Å²) in [6.45, 7) is 9.30. The third kappa shape index (κ3) is 4.97. The maximum Gasteiger partial charge on any atom is 0.407 e. The first-order valence-electron chi connectivity index (χ1n) is 8.34. The largest absolute Gasteiger partial charge is 0.444 e.